The van der Waals surface area contributed by atoms with Crippen LogP contribution in [0.1, 0.15) is 0 Å². The van der Waals surface area contributed by atoms with Gasteiger partial charge < -0.3 is 0 Å². The minimum atomic E-state index is -4.71. The van der Waals surface area contributed by atoms with Crippen molar-refractivity contribution in [2.45, 2.75) is 6.18 Å². The molecular formula is C3H3F3O3S. The molecule has 0 aromatic heterocycles. The summed E-state index contributed by atoms with van der Waals surface area (Å²) in [5, 5.41) is -0.326. The van der Waals surface area contributed by atoms with Crippen molar-refractivity contribution in [3.8, 4) is 0 Å². The summed E-state index contributed by atoms with van der Waals surface area (Å²) in [6.45, 7) is 0. The fourth-order valence-electron chi connectivity index (χ4n) is 0.163. The molecule has 0 unspecified atom stereocenters. The van der Waals surface area contributed by atoms with E-state index in [9.17, 15) is 21.6 Å². The van der Waals surface area contributed by atoms with Crippen LogP contribution in [0, 0.1) is 0 Å². The van der Waals surface area contributed by atoms with Crippen LogP contribution in [0.4, 0.5) is 13.2 Å². The quantitative estimate of drug-likeness (QED) is 0.605. The number of allylic oxidation sites excluding steroid dienone is 1. The Hall–Kier alpha value is -0.560. The SMILES string of the molecule is O=S(=O)(O)/C=C/C(F)(F)F. The summed E-state index contributed by atoms with van der Waals surface area (Å²) in [5.41, 5.74) is 0. The van der Waals surface area contributed by atoms with Gasteiger partial charge in [0, 0.05) is 6.08 Å². The standard InChI is InChI=1S/C3H3F3O3S/c4-3(5,6)1-2-10(7,8)9/h1-2H,(H,7,8,9)/b2-1+. The van der Waals surface area contributed by atoms with Crippen molar-refractivity contribution in [3.05, 3.63) is 11.5 Å². The minimum absolute atomic E-state index is 0.326. The van der Waals surface area contributed by atoms with Crippen LogP contribution in [0.5, 0.6) is 0 Å². The van der Waals surface area contributed by atoms with E-state index in [4.69, 9.17) is 4.55 Å². The number of rotatable bonds is 1. The fraction of sp³-hybridized carbons (Fsp3) is 0.333. The van der Waals surface area contributed by atoms with E-state index in [2.05, 4.69) is 0 Å². The molecule has 0 heterocycles. The van der Waals surface area contributed by atoms with Gasteiger partial charge in [-0.15, -0.1) is 0 Å². The molecule has 0 saturated heterocycles. The third kappa shape index (κ3) is 7.44. The molecule has 0 rings (SSSR count). The molecule has 3 nitrogen and oxygen atoms in total. The maximum atomic E-state index is 11.1. The van der Waals surface area contributed by atoms with Crippen LogP contribution in [-0.2, 0) is 10.1 Å². The highest BCUT2D eigenvalue weighted by Gasteiger charge is 2.23. The molecule has 0 aliphatic rings. The topological polar surface area (TPSA) is 54.4 Å². The highest BCUT2D eigenvalue weighted by molar-refractivity contribution is 7.88. The van der Waals surface area contributed by atoms with Crippen LogP contribution in [0.2, 0.25) is 0 Å². The number of hydrogen-bond acceptors (Lipinski definition) is 2. The van der Waals surface area contributed by atoms with Crippen molar-refractivity contribution in [2.75, 3.05) is 0 Å². The molecule has 0 radical (unpaired) electrons. The zero-order chi connectivity index (χ0) is 8.41. The number of alkyl halides is 3. The van der Waals surface area contributed by atoms with E-state index in [1.165, 1.54) is 0 Å². The van der Waals surface area contributed by atoms with Gasteiger partial charge in [0.15, 0.2) is 0 Å². The molecule has 0 aliphatic heterocycles. The van der Waals surface area contributed by atoms with E-state index < -0.39 is 22.4 Å². The first-order chi connectivity index (χ1) is 4.21. The molecule has 0 bridgehead atoms. The van der Waals surface area contributed by atoms with Gasteiger partial charge in [-0.3, -0.25) is 4.55 Å². The third-order valence-corrected chi connectivity index (χ3v) is 0.909. The predicted molar refractivity (Wildman–Crippen MR) is 26.7 cm³/mol. The molecule has 0 amide bonds. The monoisotopic (exact) mass is 176 g/mol. The lowest BCUT2D eigenvalue weighted by Gasteiger charge is -1.94. The summed E-state index contributed by atoms with van der Waals surface area (Å²) < 4.78 is 60.4. The van der Waals surface area contributed by atoms with Crippen molar-refractivity contribution >= 4 is 10.1 Å². The molecule has 0 atom stereocenters. The van der Waals surface area contributed by atoms with Crippen molar-refractivity contribution in [1.29, 1.82) is 0 Å². The van der Waals surface area contributed by atoms with E-state index in [0.717, 1.165) is 0 Å². The van der Waals surface area contributed by atoms with E-state index in [0.29, 0.717) is 0 Å². The molecule has 0 spiro atoms. The van der Waals surface area contributed by atoms with E-state index in [-0.39, 0.29) is 5.41 Å². The largest absolute Gasteiger partial charge is 0.410 e. The Morgan fingerprint density at radius 1 is 1.30 bits per heavy atom. The van der Waals surface area contributed by atoms with Gasteiger partial charge in [-0.05, 0) is 0 Å². The van der Waals surface area contributed by atoms with E-state index in [1.54, 1.807) is 0 Å². The summed E-state index contributed by atoms with van der Waals surface area (Å²) in [6, 6.07) is 0. The van der Waals surface area contributed by atoms with Gasteiger partial charge in [-0.1, -0.05) is 0 Å². The van der Waals surface area contributed by atoms with Crippen molar-refractivity contribution in [3.63, 3.8) is 0 Å². The second-order valence-corrected chi connectivity index (χ2v) is 2.66. The summed E-state index contributed by atoms with van der Waals surface area (Å²) in [4.78, 5) is 0. The molecule has 60 valence electrons. The Kier molecular flexibility index (Phi) is 2.44. The van der Waals surface area contributed by atoms with Crippen molar-refractivity contribution in [2.24, 2.45) is 0 Å². The average molecular weight is 176 g/mol. The van der Waals surface area contributed by atoms with Gasteiger partial charge in [0.25, 0.3) is 10.1 Å². The lowest BCUT2D eigenvalue weighted by atomic mass is 10.6. The molecule has 1 N–H and O–H groups in total. The first-order valence-corrected chi connectivity index (χ1v) is 3.44. The summed E-state index contributed by atoms with van der Waals surface area (Å²) in [5.74, 6) is 0. The Morgan fingerprint density at radius 3 is 1.80 bits per heavy atom. The van der Waals surface area contributed by atoms with Gasteiger partial charge in [0.2, 0.25) is 0 Å². The second-order valence-electron chi connectivity index (χ2n) is 1.36. The van der Waals surface area contributed by atoms with Gasteiger partial charge in [0.05, 0.1) is 5.41 Å². The van der Waals surface area contributed by atoms with Gasteiger partial charge in [-0.25, -0.2) is 0 Å². The molecular weight excluding hydrogens is 173 g/mol. The van der Waals surface area contributed by atoms with Gasteiger partial charge in [-0.2, -0.15) is 21.6 Å². The predicted octanol–water partition coefficient (Wildman–Crippen LogP) is 0.950. The molecule has 0 aromatic carbocycles. The molecule has 0 aromatic rings. The Balaban J connectivity index is 4.31. The first kappa shape index (κ1) is 9.44. The summed E-state index contributed by atoms with van der Waals surface area (Å²) in [6.07, 6.45) is -5.28. The van der Waals surface area contributed by atoms with E-state index in [1.807, 2.05) is 0 Å². The zero-order valence-corrected chi connectivity index (χ0v) is 5.28. The van der Waals surface area contributed by atoms with Crippen LogP contribution < -0.4 is 0 Å². The Bertz CT molecular complexity index is 224. The van der Waals surface area contributed by atoms with E-state index >= 15 is 0 Å². The fourth-order valence-corrected chi connectivity index (χ4v) is 0.489. The lowest BCUT2D eigenvalue weighted by Crippen LogP contribution is -2.02. The van der Waals surface area contributed by atoms with Gasteiger partial charge in [0.1, 0.15) is 0 Å². The highest BCUT2D eigenvalue weighted by Crippen LogP contribution is 2.16. The zero-order valence-electron chi connectivity index (χ0n) is 4.46. The van der Waals surface area contributed by atoms with Crippen LogP contribution in [0.15, 0.2) is 11.5 Å². The molecule has 0 aliphatic carbocycles. The van der Waals surface area contributed by atoms with Crippen molar-refractivity contribution < 1.29 is 26.1 Å². The number of halogens is 3. The highest BCUT2D eigenvalue weighted by atomic mass is 32.2. The minimum Gasteiger partial charge on any atom is -0.282 e. The third-order valence-electron chi connectivity index (χ3n) is 0.429. The Morgan fingerprint density at radius 2 is 1.70 bits per heavy atom. The van der Waals surface area contributed by atoms with Crippen LogP contribution in [-0.4, -0.2) is 19.1 Å². The maximum Gasteiger partial charge on any atom is 0.410 e. The summed E-state index contributed by atoms with van der Waals surface area (Å²) >= 11 is 0. The second kappa shape index (κ2) is 2.59. The van der Waals surface area contributed by atoms with Gasteiger partial charge >= 0.3 is 6.18 Å². The van der Waals surface area contributed by atoms with Crippen molar-refractivity contribution in [1.82, 2.24) is 0 Å². The normalized spacial score (nSPS) is 14.4. The Labute approximate surface area is 54.9 Å². The molecule has 0 fully saturated rings. The lowest BCUT2D eigenvalue weighted by molar-refractivity contribution is -0.0797. The van der Waals surface area contributed by atoms with Crippen LogP contribution in [0.3, 0.4) is 0 Å². The molecule has 7 heteroatoms. The number of hydrogen-bond donors (Lipinski definition) is 1. The average Bonchev–Trinajstić information content (AvgIpc) is 1.57. The summed E-state index contributed by atoms with van der Waals surface area (Å²) in [7, 11) is -4.66. The first-order valence-electron chi connectivity index (χ1n) is 1.94. The van der Waals surface area contributed by atoms with Crippen LogP contribution >= 0.6 is 0 Å². The smallest absolute Gasteiger partial charge is 0.282 e. The molecule has 0 saturated carbocycles. The van der Waals surface area contributed by atoms with Crippen LogP contribution in [0.25, 0.3) is 0 Å². The maximum absolute atomic E-state index is 11.1. The molecule has 10 heavy (non-hydrogen) atoms.